The molecule has 0 fully saturated rings. The third-order valence-corrected chi connectivity index (χ3v) is 4.87. The Balaban J connectivity index is 2.00. The number of pyridine rings is 1. The van der Waals surface area contributed by atoms with Crippen LogP contribution in [-0.4, -0.2) is 34.4 Å². The number of ether oxygens (including phenoxy) is 1. The molecule has 0 saturated carbocycles. The lowest BCUT2D eigenvalue weighted by molar-refractivity contribution is -0.142. The zero-order chi connectivity index (χ0) is 21.8. The lowest BCUT2D eigenvalue weighted by atomic mass is 9.92. The number of nitrogens with zero attached hydrogens (tertiary/aromatic N) is 2. The van der Waals surface area contributed by atoms with Gasteiger partial charge in [0.2, 0.25) is 0 Å². The third kappa shape index (κ3) is 4.10. The van der Waals surface area contributed by atoms with E-state index in [9.17, 15) is 19.5 Å². The summed E-state index contributed by atoms with van der Waals surface area (Å²) in [4.78, 5) is 43.0. The highest BCUT2D eigenvalue weighted by molar-refractivity contribution is 6.16. The minimum Gasteiger partial charge on any atom is -0.503 e. The molecule has 3 rings (SSSR count). The van der Waals surface area contributed by atoms with Gasteiger partial charge in [-0.2, -0.15) is 0 Å². The van der Waals surface area contributed by atoms with E-state index in [4.69, 9.17) is 4.74 Å². The van der Waals surface area contributed by atoms with E-state index in [0.29, 0.717) is 17.9 Å². The van der Waals surface area contributed by atoms with Crippen molar-refractivity contribution in [3.05, 3.63) is 71.3 Å². The molecule has 1 aromatic heterocycles. The Morgan fingerprint density at radius 2 is 1.90 bits per heavy atom. The largest absolute Gasteiger partial charge is 0.503 e. The molecule has 1 atom stereocenters. The highest BCUT2D eigenvalue weighted by Crippen LogP contribution is 2.41. The van der Waals surface area contributed by atoms with Crippen LogP contribution in [0.4, 0.5) is 5.69 Å². The summed E-state index contributed by atoms with van der Waals surface area (Å²) in [5, 5.41) is 10.6. The summed E-state index contributed by atoms with van der Waals surface area (Å²) in [5.41, 5.74) is 1.92. The molecular weight excluding hydrogens is 384 g/mol. The van der Waals surface area contributed by atoms with Crippen LogP contribution < -0.4 is 4.90 Å². The molecule has 7 nitrogen and oxygen atoms in total. The van der Waals surface area contributed by atoms with E-state index < -0.39 is 17.7 Å². The second-order valence-electron chi connectivity index (χ2n) is 7.29. The predicted molar refractivity (Wildman–Crippen MR) is 111 cm³/mol. The average molecular weight is 408 g/mol. The van der Waals surface area contributed by atoms with Gasteiger partial charge in [-0.15, -0.1) is 0 Å². The van der Waals surface area contributed by atoms with E-state index in [0.717, 1.165) is 5.56 Å². The quantitative estimate of drug-likeness (QED) is 0.706. The summed E-state index contributed by atoms with van der Waals surface area (Å²) < 4.78 is 4.96. The number of esters is 1. The summed E-state index contributed by atoms with van der Waals surface area (Å²) in [7, 11) is 0. The molecular formula is C23H24N2O5. The van der Waals surface area contributed by atoms with Gasteiger partial charge in [0.15, 0.2) is 11.5 Å². The maximum Gasteiger partial charge on any atom is 0.310 e. The van der Waals surface area contributed by atoms with Gasteiger partial charge in [0.25, 0.3) is 5.91 Å². The van der Waals surface area contributed by atoms with Gasteiger partial charge in [0.05, 0.1) is 24.6 Å². The summed E-state index contributed by atoms with van der Waals surface area (Å²) in [5.74, 6) is -2.21. The second-order valence-corrected chi connectivity index (χ2v) is 7.29. The molecule has 0 spiro atoms. The van der Waals surface area contributed by atoms with Crippen molar-refractivity contribution in [3.63, 3.8) is 0 Å². The smallest absolute Gasteiger partial charge is 0.310 e. The lowest BCUT2D eigenvalue weighted by Gasteiger charge is -2.27. The van der Waals surface area contributed by atoms with Gasteiger partial charge in [0, 0.05) is 24.0 Å². The third-order valence-electron chi connectivity index (χ3n) is 4.87. The van der Waals surface area contributed by atoms with Gasteiger partial charge in [-0.05, 0) is 36.2 Å². The number of ketones is 1. The van der Waals surface area contributed by atoms with Crippen LogP contribution in [0.3, 0.4) is 0 Å². The first-order valence-electron chi connectivity index (χ1n) is 9.80. The van der Waals surface area contributed by atoms with E-state index in [-0.39, 0.29) is 29.7 Å². The number of carbonyl (C=O) groups is 3. The van der Waals surface area contributed by atoms with Crippen molar-refractivity contribution < 1.29 is 24.2 Å². The topological polar surface area (TPSA) is 96.8 Å². The Labute approximate surface area is 175 Å². The number of amides is 1. The van der Waals surface area contributed by atoms with Crippen molar-refractivity contribution in [2.45, 2.75) is 33.2 Å². The van der Waals surface area contributed by atoms with Crippen LogP contribution in [0.25, 0.3) is 0 Å². The highest BCUT2D eigenvalue weighted by atomic mass is 16.5. The monoisotopic (exact) mass is 408 g/mol. The van der Waals surface area contributed by atoms with Crippen molar-refractivity contribution in [2.24, 2.45) is 5.92 Å². The second kappa shape index (κ2) is 8.90. The summed E-state index contributed by atoms with van der Waals surface area (Å²) >= 11 is 0. The van der Waals surface area contributed by atoms with Gasteiger partial charge >= 0.3 is 5.97 Å². The van der Waals surface area contributed by atoms with Crippen LogP contribution in [0, 0.1) is 5.92 Å². The van der Waals surface area contributed by atoms with Crippen LogP contribution >= 0.6 is 0 Å². The lowest BCUT2D eigenvalue weighted by Crippen LogP contribution is -2.31. The molecule has 2 heterocycles. The number of Topliss-reactive ketones (excluding diaryl/α,β-unsaturated/α-hetero) is 1. The molecule has 0 radical (unpaired) electrons. The first-order valence-corrected chi connectivity index (χ1v) is 9.80. The zero-order valence-corrected chi connectivity index (χ0v) is 17.2. The molecule has 0 aliphatic carbocycles. The number of carbonyl (C=O) groups excluding carboxylic acids is 3. The van der Waals surface area contributed by atoms with Crippen molar-refractivity contribution in [2.75, 3.05) is 11.5 Å². The molecule has 1 amide bonds. The molecule has 1 aliphatic rings. The van der Waals surface area contributed by atoms with Gasteiger partial charge in [-0.25, -0.2) is 0 Å². The predicted octanol–water partition coefficient (Wildman–Crippen LogP) is 3.31. The SMILES string of the molecule is CCOC(=O)Cc1ccc(N2C(=O)C(O)=C(C(=O)C(C)C)C2c2cccnc2)cc1. The maximum absolute atomic E-state index is 12.9. The molecule has 2 aromatic rings. The molecule has 156 valence electrons. The van der Waals surface area contributed by atoms with Gasteiger partial charge in [0.1, 0.15) is 0 Å². The Bertz CT molecular complexity index is 980. The fraction of sp³-hybridized carbons (Fsp3) is 0.304. The first kappa shape index (κ1) is 21.2. The number of hydrogen-bond donors (Lipinski definition) is 1. The summed E-state index contributed by atoms with van der Waals surface area (Å²) in [6.45, 7) is 5.50. The van der Waals surface area contributed by atoms with Gasteiger partial charge in [-0.3, -0.25) is 24.3 Å². The summed E-state index contributed by atoms with van der Waals surface area (Å²) in [6.07, 6.45) is 3.29. The van der Waals surface area contributed by atoms with Gasteiger partial charge < -0.3 is 9.84 Å². The first-order chi connectivity index (χ1) is 14.3. The number of anilines is 1. The number of rotatable bonds is 7. The van der Waals surface area contributed by atoms with E-state index in [2.05, 4.69) is 4.98 Å². The minimum absolute atomic E-state index is 0.0681. The Morgan fingerprint density at radius 3 is 2.47 bits per heavy atom. The number of aliphatic hydroxyl groups excluding tert-OH is 1. The fourth-order valence-corrected chi connectivity index (χ4v) is 3.44. The normalized spacial score (nSPS) is 16.3. The molecule has 1 aliphatic heterocycles. The Kier molecular flexibility index (Phi) is 6.30. The van der Waals surface area contributed by atoms with Crippen molar-refractivity contribution in [3.8, 4) is 0 Å². The molecule has 30 heavy (non-hydrogen) atoms. The molecule has 1 unspecified atom stereocenters. The number of aromatic nitrogens is 1. The maximum atomic E-state index is 12.9. The molecule has 0 bridgehead atoms. The van der Waals surface area contributed by atoms with E-state index in [1.807, 2.05) is 0 Å². The van der Waals surface area contributed by atoms with Gasteiger partial charge in [-0.1, -0.05) is 32.0 Å². The molecule has 7 heteroatoms. The van der Waals surface area contributed by atoms with Crippen molar-refractivity contribution in [1.82, 2.24) is 4.98 Å². The molecule has 1 aromatic carbocycles. The van der Waals surface area contributed by atoms with E-state index in [1.165, 1.54) is 4.90 Å². The van der Waals surface area contributed by atoms with Crippen molar-refractivity contribution in [1.29, 1.82) is 0 Å². The van der Waals surface area contributed by atoms with Crippen LogP contribution in [0.1, 0.15) is 37.9 Å². The average Bonchev–Trinajstić information content (AvgIpc) is 2.99. The Morgan fingerprint density at radius 1 is 1.20 bits per heavy atom. The van der Waals surface area contributed by atoms with Crippen LogP contribution in [-0.2, 0) is 25.5 Å². The number of aliphatic hydroxyl groups is 1. The standard InChI is InChI=1S/C23H24N2O5/c1-4-30-18(26)12-15-7-9-17(10-8-15)25-20(16-6-5-11-24-13-16)19(21(27)14(2)3)22(28)23(25)29/h5-11,13-14,20,28H,4,12H2,1-3H3. The number of benzene rings is 1. The highest BCUT2D eigenvalue weighted by Gasteiger charge is 2.44. The van der Waals surface area contributed by atoms with Crippen LogP contribution in [0.5, 0.6) is 0 Å². The summed E-state index contributed by atoms with van der Waals surface area (Å²) in [6, 6.07) is 9.51. The van der Waals surface area contributed by atoms with Crippen LogP contribution in [0.2, 0.25) is 0 Å². The zero-order valence-electron chi connectivity index (χ0n) is 17.2. The minimum atomic E-state index is -0.781. The van der Waals surface area contributed by atoms with Crippen molar-refractivity contribution >= 4 is 23.3 Å². The number of hydrogen-bond acceptors (Lipinski definition) is 6. The fourth-order valence-electron chi connectivity index (χ4n) is 3.44. The van der Waals surface area contributed by atoms with E-state index in [1.54, 1.807) is 69.6 Å². The molecule has 1 N–H and O–H groups in total. The van der Waals surface area contributed by atoms with E-state index >= 15 is 0 Å². The van der Waals surface area contributed by atoms with Crippen LogP contribution in [0.15, 0.2) is 60.1 Å². The Hall–Kier alpha value is -3.48. The molecule has 0 saturated heterocycles.